The van der Waals surface area contributed by atoms with Gasteiger partial charge in [-0.1, -0.05) is 17.3 Å². The van der Waals surface area contributed by atoms with Gasteiger partial charge >= 0.3 is 0 Å². The van der Waals surface area contributed by atoms with Crippen LogP contribution in [-0.4, -0.2) is 27.2 Å². The summed E-state index contributed by atoms with van der Waals surface area (Å²) in [6.07, 6.45) is 6.04. The fourth-order valence-corrected chi connectivity index (χ4v) is 2.98. The minimum Gasteiger partial charge on any atom is -0.361 e. The number of nitrogens with zero attached hydrogens (tertiary/aromatic N) is 3. The van der Waals surface area contributed by atoms with E-state index in [1.165, 1.54) is 12.8 Å². The summed E-state index contributed by atoms with van der Waals surface area (Å²) in [7, 11) is 0. The van der Waals surface area contributed by atoms with Gasteiger partial charge in [0.2, 0.25) is 0 Å². The van der Waals surface area contributed by atoms with Crippen molar-refractivity contribution in [1.82, 2.24) is 20.0 Å². The average molecular weight is 336 g/mol. The molecule has 1 amide bonds. The lowest BCUT2D eigenvalue weighted by Crippen LogP contribution is -2.26. The first-order chi connectivity index (χ1) is 12.1. The van der Waals surface area contributed by atoms with Crippen LogP contribution in [0.4, 0.5) is 0 Å². The lowest BCUT2D eigenvalue weighted by atomic mass is 10.1. The number of imidazole rings is 1. The van der Waals surface area contributed by atoms with E-state index in [1.807, 2.05) is 48.9 Å². The smallest absolute Gasteiger partial charge is 0.253 e. The second kappa shape index (κ2) is 6.20. The zero-order valence-corrected chi connectivity index (χ0v) is 14.3. The number of hydrogen-bond donors (Lipinski definition) is 1. The molecule has 0 unspecified atom stereocenters. The molecule has 1 saturated carbocycles. The Bertz CT molecular complexity index is 902. The number of carbonyl (C=O) groups is 1. The second-order valence-electron chi connectivity index (χ2n) is 6.54. The molecule has 4 rings (SSSR count). The van der Waals surface area contributed by atoms with E-state index in [0.717, 1.165) is 34.9 Å². The molecule has 6 heteroatoms. The molecule has 0 bridgehead atoms. The molecule has 0 radical (unpaired) electrons. The molecule has 0 atom stereocenters. The summed E-state index contributed by atoms with van der Waals surface area (Å²) in [6.45, 7) is 4.51. The normalized spacial score (nSPS) is 13.8. The first kappa shape index (κ1) is 15.6. The van der Waals surface area contributed by atoms with Crippen molar-refractivity contribution in [2.45, 2.75) is 26.7 Å². The molecule has 25 heavy (non-hydrogen) atoms. The molecule has 2 heterocycles. The Labute approximate surface area is 145 Å². The molecule has 1 aliphatic carbocycles. The molecule has 1 aliphatic rings. The van der Waals surface area contributed by atoms with E-state index in [-0.39, 0.29) is 5.91 Å². The third-order valence-corrected chi connectivity index (χ3v) is 4.55. The third-order valence-electron chi connectivity index (χ3n) is 4.55. The van der Waals surface area contributed by atoms with Crippen LogP contribution in [0.5, 0.6) is 0 Å². The maximum atomic E-state index is 12.5. The van der Waals surface area contributed by atoms with E-state index in [1.54, 1.807) is 6.33 Å². The van der Waals surface area contributed by atoms with E-state index in [2.05, 4.69) is 15.5 Å². The highest BCUT2D eigenvalue weighted by Gasteiger charge is 2.23. The molecule has 1 N–H and O–H groups in total. The highest BCUT2D eigenvalue weighted by molar-refractivity contribution is 5.97. The summed E-state index contributed by atoms with van der Waals surface area (Å²) >= 11 is 0. The highest BCUT2D eigenvalue weighted by atomic mass is 16.5. The largest absolute Gasteiger partial charge is 0.361 e. The maximum absolute atomic E-state index is 12.5. The van der Waals surface area contributed by atoms with Crippen LogP contribution in [0.1, 0.15) is 34.7 Å². The Balaban J connectivity index is 1.65. The monoisotopic (exact) mass is 336 g/mol. The van der Waals surface area contributed by atoms with E-state index < -0.39 is 0 Å². The summed E-state index contributed by atoms with van der Waals surface area (Å²) in [6, 6.07) is 7.56. The Morgan fingerprint density at radius 1 is 1.32 bits per heavy atom. The number of amides is 1. The summed E-state index contributed by atoms with van der Waals surface area (Å²) in [4.78, 5) is 17.0. The Morgan fingerprint density at radius 3 is 2.84 bits per heavy atom. The fourth-order valence-electron chi connectivity index (χ4n) is 2.98. The summed E-state index contributed by atoms with van der Waals surface area (Å²) < 4.78 is 7.09. The first-order valence-corrected chi connectivity index (χ1v) is 8.48. The van der Waals surface area contributed by atoms with Crippen LogP contribution in [0.3, 0.4) is 0 Å². The van der Waals surface area contributed by atoms with Gasteiger partial charge in [0.15, 0.2) is 0 Å². The van der Waals surface area contributed by atoms with Gasteiger partial charge in [0, 0.05) is 12.7 Å². The topological polar surface area (TPSA) is 73.0 Å². The number of aromatic nitrogens is 3. The average Bonchev–Trinajstić information content (AvgIpc) is 3.23. The molecule has 2 aromatic heterocycles. The number of hydrogen-bond acceptors (Lipinski definition) is 4. The second-order valence-corrected chi connectivity index (χ2v) is 6.54. The van der Waals surface area contributed by atoms with Crippen molar-refractivity contribution in [1.29, 1.82) is 0 Å². The van der Waals surface area contributed by atoms with E-state index in [4.69, 9.17) is 4.52 Å². The van der Waals surface area contributed by atoms with E-state index >= 15 is 0 Å². The van der Waals surface area contributed by atoms with Gasteiger partial charge in [-0.3, -0.25) is 4.79 Å². The van der Waals surface area contributed by atoms with Gasteiger partial charge in [-0.05, 0) is 44.7 Å². The van der Waals surface area contributed by atoms with Crippen molar-refractivity contribution in [3.8, 4) is 16.9 Å². The van der Waals surface area contributed by atoms with Crippen molar-refractivity contribution in [2.75, 3.05) is 6.54 Å². The predicted octanol–water partition coefficient (Wildman–Crippen LogP) is 3.28. The van der Waals surface area contributed by atoms with Crippen molar-refractivity contribution in [3.63, 3.8) is 0 Å². The fraction of sp³-hybridized carbons (Fsp3) is 0.316. The van der Waals surface area contributed by atoms with Gasteiger partial charge in [0.1, 0.15) is 5.76 Å². The zero-order valence-electron chi connectivity index (χ0n) is 14.3. The molecular formula is C19H20N4O2. The maximum Gasteiger partial charge on any atom is 0.253 e. The van der Waals surface area contributed by atoms with Crippen molar-refractivity contribution >= 4 is 5.91 Å². The Hall–Kier alpha value is -2.89. The molecule has 0 saturated heterocycles. The Kier molecular flexibility index (Phi) is 3.87. The van der Waals surface area contributed by atoms with E-state index in [0.29, 0.717) is 11.5 Å². The van der Waals surface area contributed by atoms with Gasteiger partial charge in [0.05, 0.1) is 34.5 Å². The zero-order chi connectivity index (χ0) is 17.4. The minimum absolute atomic E-state index is 0.0462. The van der Waals surface area contributed by atoms with Crippen LogP contribution in [0.25, 0.3) is 16.9 Å². The lowest BCUT2D eigenvalue weighted by molar-refractivity contribution is 0.0952. The van der Waals surface area contributed by atoms with Crippen molar-refractivity contribution in [3.05, 3.63) is 53.8 Å². The van der Waals surface area contributed by atoms with Gasteiger partial charge in [-0.25, -0.2) is 4.98 Å². The lowest BCUT2D eigenvalue weighted by Gasteiger charge is -2.10. The van der Waals surface area contributed by atoms with Gasteiger partial charge in [0.25, 0.3) is 5.91 Å². The molecule has 128 valence electrons. The predicted molar refractivity (Wildman–Crippen MR) is 93.6 cm³/mol. The van der Waals surface area contributed by atoms with Gasteiger partial charge < -0.3 is 14.4 Å². The van der Waals surface area contributed by atoms with Crippen LogP contribution in [0.15, 0.2) is 41.3 Å². The number of rotatable bonds is 5. The standard InChI is InChI=1S/C19H20N4O2/c1-12-18(13(2)25-22-12)16-10-23(11-21-16)17-6-4-3-5-15(17)19(24)20-9-14-7-8-14/h3-6,10-11,14H,7-9H2,1-2H3,(H,20,24). The molecule has 0 aliphatic heterocycles. The van der Waals surface area contributed by atoms with Crippen molar-refractivity contribution < 1.29 is 9.32 Å². The first-order valence-electron chi connectivity index (χ1n) is 8.48. The molecule has 0 spiro atoms. The van der Waals surface area contributed by atoms with Crippen LogP contribution in [0.2, 0.25) is 0 Å². The third kappa shape index (κ3) is 3.07. The summed E-state index contributed by atoms with van der Waals surface area (Å²) in [5, 5.41) is 7.00. The molecular weight excluding hydrogens is 316 g/mol. The van der Waals surface area contributed by atoms with Crippen LogP contribution in [-0.2, 0) is 0 Å². The highest BCUT2D eigenvalue weighted by Crippen LogP contribution is 2.28. The number of aryl methyl sites for hydroxylation is 2. The SMILES string of the molecule is Cc1noc(C)c1-c1cn(-c2ccccc2C(=O)NCC2CC2)cn1. The minimum atomic E-state index is -0.0462. The molecule has 1 fully saturated rings. The number of nitrogens with one attached hydrogen (secondary N) is 1. The number of para-hydroxylation sites is 1. The van der Waals surface area contributed by atoms with Crippen LogP contribution >= 0.6 is 0 Å². The van der Waals surface area contributed by atoms with Gasteiger partial charge in [-0.2, -0.15) is 0 Å². The molecule has 3 aromatic rings. The van der Waals surface area contributed by atoms with Crippen LogP contribution in [0, 0.1) is 19.8 Å². The number of benzene rings is 1. The summed E-state index contributed by atoms with van der Waals surface area (Å²) in [5.74, 6) is 1.34. The Morgan fingerprint density at radius 2 is 2.12 bits per heavy atom. The number of carbonyl (C=O) groups excluding carboxylic acids is 1. The van der Waals surface area contributed by atoms with Crippen LogP contribution < -0.4 is 5.32 Å². The van der Waals surface area contributed by atoms with Gasteiger partial charge in [-0.15, -0.1) is 0 Å². The summed E-state index contributed by atoms with van der Waals surface area (Å²) in [5.41, 5.74) is 3.93. The van der Waals surface area contributed by atoms with E-state index in [9.17, 15) is 4.79 Å². The molecule has 1 aromatic carbocycles. The van der Waals surface area contributed by atoms with Crippen molar-refractivity contribution in [2.24, 2.45) is 5.92 Å². The quantitative estimate of drug-likeness (QED) is 0.776. The molecule has 6 nitrogen and oxygen atoms in total.